The average Bonchev–Trinajstić information content (AvgIpc) is 2.50. The molecule has 1 saturated heterocycles. The third kappa shape index (κ3) is 4.54. The number of nitrogens with zero attached hydrogens (tertiary/aromatic N) is 2. The molecule has 4 heteroatoms. The van der Waals surface area contributed by atoms with Gasteiger partial charge in [0.1, 0.15) is 0 Å². The van der Waals surface area contributed by atoms with Gasteiger partial charge in [0.25, 0.3) is 0 Å². The highest BCUT2D eigenvalue weighted by atomic mass is 16.5. The molecule has 1 aliphatic heterocycles. The van der Waals surface area contributed by atoms with Gasteiger partial charge in [-0.1, -0.05) is 6.92 Å². The summed E-state index contributed by atoms with van der Waals surface area (Å²) in [6, 6.07) is 1.16. The number of likely N-dealkylation sites (N-methyl/N-ethyl adjacent to an activating group) is 2. The lowest BCUT2D eigenvalue weighted by molar-refractivity contribution is 0.0602. The maximum Gasteiger partial charge on any atom is 0.0630 e. The van der Waals surface area contributed by atoms with E-state index in [0.29, 0.717) is 12.1 Å². The maximum atomic E-state index is 5.37. The van der Waals surface area contributed by atoms with Crippen molar-refractivity contribution in [1.29, 1.82) is 0 Å². The van der Waals surface area contributed by atoms with E-state index >= 15 is 0 Å². The molecule has 0 aromatic carbocycles. The molecule has 102 valence electrons. The van der Waals surface area contributed by atoms with Crippen LogP contribution in [0, 0.1) is 0 Å². The summed E-state index contributed by atoms with van der Waals surface area (Å²) in [5, 5.41) is 3.29. The fourth-order valence-corrected chi connectivity index (χ4v) is 2.81. The largest absolute Gasteiger partial charge is 0.383 e. The molecule has 1 fully saturated rings. The molecule has 0 radical (unpaired) electrons. The van der Waals surface area contributed by atoms with Gasteiger partial charge in [-0.3, -0.25) is 4.90 Å². The lowest BCUT2D eigenvalue weighted by Crippen LogP contribution is -2.51. The minimum atomic E-state index is 0.501. The summed E-state index contributed by atoms with van der Waals surface area (Å²) < 4.78 is 5.37. The molecule has 0 aromatic rings. The Balaban J connectivity index is 2.66. The molecular weight excluding hydrogens is 214 g/mol. The van der Waals surface area contributed by atoms with E-state index in [2.05, 4.69) is 29.1 Å². The first kappa shape index (κ1) is 14.9. The van der Waals surface area contributed by atoms with E-state index in [4.69, 9.17) is 4.74 Å². The number of hydrogen-bond donors (Lipinski definition) is 1. The Kier molecular flexibility index (Phi) is 7.04. The molecule has 0 aromatic heterocycles. The van der Waals surface area contributed by atoms with Gasteiger partial charge in [-0.15, -0.1) is 0 Å². The smallest absolute Gasteiger partial charge is 0.0630 e. The van der Waals surface area contributed by atoms with Crippen LogP contribution in [0.2, 0.25) is 0 Å². The Morgan fingerprint density at radius 2 is 2.18 bits per heavy atom. The van der Waals surface area contributed by atoms with Crippen molar-refractivity contribution < 1.29 is 4.74 Å². The molecule has 4 nitrogen and oxygen atoms in total. The summed E-state index contributed by atoms with van der Waals surface area (Å²) in [5.41, 5.74) is 0. The lowest BCUT2D eigenvalue weighted by atomic mass is 10.1. The van der Waals surface area contributed by atoms with Gasteiger partial charge >= 0.3 is 0 Å². The predicted octanol–water partition coefficient (Wildman–Crippen LogP) is 0.637. The van der Waals surface area contributed by atoms with E-state index in [1.54, 1.807) is 7.11 Å². The summed E-state index contributed by atoms with van der Waals surface area (Å²) in [5.74, 6) is 0. The molecule has 2 atom stereocenters. The summed E-state index contributed by atoms with van der Waals surface area (Å²) in [7, 11) is 6.05. The zero-order valence-electron chi connectivity index (χ0n) is 11.9. The maximum absolute atomic E-state index is 5.37. The first-order valence-corrected chi connectivity index (χ1v) is 6.80. The SMILES string of the molecule is CCC1CN(C)CCCN1C(CNC)COC. The van der Waals surface area contributed by atoms with Gasteiger partial charge in [0.15, 0.2) is 0 Å². The van der Waals surface area contributed by atoms with Gasteiger partial charge in [0.05, 0.1) is 6.61 Å². The van der Waals surface area contributed by atoms with Crippen molar-refractivity contribution in [2.45, 2.75) is 31.8 Å². The van der Waals surface area contributed by atoms with Gasteiger partial charge in [0, 0.05) is 38.8 Å². The zero-order chi connectivity index (χ0) is 12.7. The van der Waals surface area contributed by atoms with Gasteiger partial charge in [0.2, 0.25) is 0 Å². The second kappa shape index (κ2) is 8.03. The van der Waals surface area contributed by atoms with Crippen LogP contribution >= 0.6 is 0 Å². The van der Waals surface area contributed by atoms with Crippen molar-refractivity contribution in [2.24, 2.45) is 0 Å². The topological polar surface area (TPSA) is 27.7 Å². The van der Waals surface area contributed by atoms with Crippen molar-refractivity contribution >= 4 is 0 Å². The molecule has 2 unspecified atom stereocenters. The first-order chi connectivity index (χ1) is 8.22. The van der Waals surface area contributed by atoms with E-state index in [1.165, 1.54) is 32.5 Å². The van der Waals surface area contributed by atoms with Crippen LogP contribution in [0.3, 0.4) is 0 Å². The van der Waals surface area contributed by atoms with Crippen molar-refractivity contribution in [2.75, 3.05) is 54.0 Å². The minimum absolute atomic E-state index is 0.501. The average molecular weight is 243 g/mol. The first-order valence-electron chi connectivity index (χ1n) is 6.80. The number of hydrogen-bond acceptors (Lipinski definition) is 4. The summed E-state index contributed by atoms with van der Waals surface area (Å²) in [6.07, 6.45) is 2.48. The normalized spacial score (nSPS) is 25.8. The second-order valence-electron chi connectivity index (χ2n) is 5.08. The number of ether oxygens (including phenoxy) is 1. The fourth-order valence-electron chi connectivity index (χ4n) is 2.81. The fraction of sp³-hybridized carbons (Fsp3) is 1.00. The zero-order valence-corrected chi connectivity index (χ0v) is 11.9. The predicted molar refractivity (Wildman–Crippen MR) is 72.5 cm³/mol. The van der Waals surface area contributed by atoms with Crippen LogP contribution in [0.15, 0.2) is 0 Å². The molecule has 17 heavy (non-hydrogen) atoms. The Morgan fingerprint density at radius 1 is 1.41 bits per heavy atom. The summed E-state index contributed by atoms with van der Waals surface area (Å²) >= 11 is 0. The van der Waals surface area contributed by atoms with Crippen LogP contribution in [0.5, 0.6) is 0 Å². The van der Waals surface area contributed by atoms with Crippen LogP contribution in [0.4, 0.5) is 0 Å². The Hall–Kier alpha value is -0.160. The molecule has 1 heterocycles. The molecule has 0 aliphatic carbocycles. The highest BCUT2D eigenvalue weighted by Crippen LogP contribution is 2.15. The molecule has 0 saturated carbocycles. The quantitative estimate of drug-likeness (QED) is 0.741. The van der Waals surface area contributed by atoms with E-state index in [9.17, 15) is 0 Å². The van der Waals surface area contributed by atoms with E-state index < -0.39 is 0 Å². The number of nitrogens with one attached hydrogen (secondary N) is 1. The van der Waals surface area contributed by atoms with Crippen LogP contribution in [0.25, 0.3) is 0 Å². The van der Waals surface area contributed by atoms with Gasteiger partial charge in [-0.2, -0.15) is 0 Å². The standard InChI is InChI=1S/C13H29N3O/c1-5-12-10-15(3)7-6-8-16(12)13(9-14-2)11-17-4/h12-14H,5-11H2,1-4H3. The van der Waals surface area contributed by atoms with Crippen LogP contribution in [-0.4, -0.2) is 75.9 Å². The van der Waals surface area contributed by atoms with Crippen molar-refractivity contribution in [3.05, 3.63) is 0 Å². The van der Waals surface area contributed by atoms with Crippen molar-refractivity contribution in [3.63, 3.8) is 0 Å². The molecule has 0 spiro atoms. The summed E-state index contributed by atoms with van der Waals surface area (Å²) in [4.78, 5) is 5.10. The Labute approximate surface area is 106 Å². The molecule has 0 bridgehead atoms. The van der Waals surface area contributed by atoms with Crippen LogP contribution in [-0.2, 0) is 4.74 Å². The van der Waals surface area contributed by atoms with Gasteiger partial charge in [-0.25, -0.2) is 0 Å². The van der Waals surface area contributed by atoms with E-state index in [1.807, 2.05) is 7.05 Å². The number of methoxy groups -OCH3 is 1. The van der Waals surface area contributed by atoms with E-state index in [0.717, 1.165) is 13.2 Å². The lowest BCUT2D eigenvalue weighted by Gasteiger charge is -2.36. The van der Waals surface area contributed by atoms with Crippen molar-refractivity contribution in [1.82, 2.24) is 15.1 Å². The van der Waals surface area contributed by atoms with Crippen molar-refractivity contribution in [3.8, 4) is 0 Å². The molecule has 1 aliphatic rings. The summed E-state index contributed by atoms with van der Waals surface area (Å²) in [6.45, 7) is 7.71. The van der Waals surface area contributed by atoms with E-state index in [-0.39, 0.29) is 0 Å². The molecule has 1 rings (SSSR count). The minimum Gasteiger partial charge on any atom is -0.383 e. The third-order valence-electron chi connectivity index (χ3n) is 3.69. The Bertz CT molecular complexity index is 195. The third-order valence-corrected chi connectivity index (χ3v) is 3.69. The highest BCUT2D eigenvalue weighted by molar-refractivity contribution is 4.84. The van der Waals surface area contributed by atoms with Crippen LogP contribution in [0.1, 0.15) is 19.8 Å². The molecule has 1 N–H and O–H groups in total. The monoisotopic (exact) mass is 243 g/mol. The Morgan fingerprint density at radius 3 is 2.76 bits per heavy atom. The van der Waals surface area contributed by atoms with Gasteiger partial charge < -0.3 is 15.0 Å². The molecular formula is C13H29N3O. The van der Waals surface area contributed by atoms with Crippen LogP contribution < -0.4 is 5.32 Å². The number of rotatable bonds is 6. The highest BCUT2D eigenvalue weighted by Gasteiger charge is 2.27. The molecule has 0 amide bonds. The van der Waals surface area contributed by atoms with Gasteiger partial charge in [-0.05, 0) is 33.5 Å². The second-order valence-corrected chi connectivity index (χ2v) is 5.08.